The van der Waals surface area contributed by atoms with Gasteiger partial charge in [-0.3, -0.25) is 14.5 Å². The van der Waals surface area contributed by atoms with E-state index in [1.165, 1.54) is 6.07 Å². The maximum absolute atomic E-state index is 14.1. The molecule has 8 heteroatoms. The molecule has 2 N–H and O–H groups in total. The van der Waals surface area contributed by atoms with Crippen LogP contribution in [-0.2, 0) is 12.3 Å². The van der Waals surface area contributed by atoms with Gasteiger partial charge in [-0.15, -0.1) is 0 Å². The second kappa shape index (κ2) is 10.2. The first-order valence-electron chi connectivity index (χ1n) is 12.3. The van der Waals surface area contributed by atoms with Gasteiger partial charge in [0.15, 0.2) is 5.78 Å². The van der Waals surface area contributed by atoms with E-state index in [1.807, 2.05) is 13.8 Å². The van der Waals surface area contributed by atoms with Crippen LogP contribution < -0.4 is 11.3 Å². The van der Waals surface area contributed by atoms with Crippen molar-refractivity contribution in [1.29, 1.82) is 0 Å². The zero-order valence-corrected chi connectivity index (χ0v) is 20.9. The van der Waals surface area contributed by atoms with Crippen LogP contribution in [0.4, 0.5) is 13.2 Å². The number of benzene rings is 2. The summed E-state index contributed by atoms with van der Waals surface area (Å²) in [6.07, 6.45) is 2.95. The van der Waals surface area contributed by atoms with Gasteiger partial charge in [0, 0.05) is 55.7 Å². The second-order valence-electron chi connectivity index (χ2n) is 10.0. The molecule has 3 aromatic rings. The molecule has 0 bridgehead atoms. The highest BCUT2D eigenvalue weighted by Gasteiger charge is 2.28. The van der Waals surface area contributed by atoms with Crippen LogP contribution in [0.25, 0.3) is 10.8 Å². The van der Waals surface area contributed by atoms with Gasteiger partial charge < -0.3 is 10.3 Å². The molecule has 1 aliphatic rings. The summed E-state index contributed by atoms with van der Waals surface area (Å²) in [4.78, 5) is 28.8. The fraction of sp³-hybridized carbons (Fsp3) is 0.429. The highest BCUT2D eigenvalue weighted by molar-refractivity contribution is 6.09. The highest BCUT2D eigenvalue weighted by atomic mass is 19.3. The van der Waals surface area contributed by atoms with Gasteiger partial charge in [-0.2, -0.15) is 0 Å². The number of nitrogens with two attached hydrogens (primary N) is 1. The van der Waals surface area contributed by atoms with E-state index in [-0.39, 0.29) is 36.3 Å². The van der Waals surface area contributed by atoms with Crippen molar-refractivity contribution >= 4 is 16.6 Å². The Morgan fingerprint density at radius 3 is 2.58 bits per heavy atom. The average molecular weight is 500 g/mol. The minimum Gasteiger partial charge on any atom is -0.326 e. The van der Waals surface area contributed by atoms with Crippen molar-refractivity contribution in [3.8, 4) is 0 Å². The molecule has 0 saturated carbocycles. The number of alkyl halides is 2. The number of carbonyl (C=O) groups is 1. The number of carbonyl (C=O) groups excluding carboxylic acids is 1. The Labute approximate surface area is 208 Å². The van der Waals surface area contributed by atoms with Gasteiger partial charge >= 0.3 is 0 Å². The van der Waals surface area contributed by atoms with Gasteiger partial charge in [-0.1, -0.05) is 12.1 Å². The van der Waals surface area contributed by atoms with Crippen LogP contribution in [0.2, 0.25) is 0 Å². The number of ketones is 1. The van der Waals surface area contributed by atoms with E-state index in [9.17, 15) is 22.8 Å². The lowest BCUT2D eigenvalue weighted by molar-refractivity contribution is 0.0137. The van der Waals surface area contributed by atoms with Gasteiger partial charge in [0.25, 0.3) is 11.5 Å². The molecule has 192 valence electrons. The third kappa shape index (κ3) is 5.39. The Hall–Kier alpha value is -2.97. The minimum atomic E-state index is -3.27. The number of aromatic nitrogens is 1. The number of nitrogens with zero attached hydrogens (tertiary/aromatic N) is 2. The zero-order chi connectivity index (χ0) is 26.2. The Morgan fingerprint density at radius 1 is 1.19 bits per heavy atom. The summed E-state index contributed by atoms with van der Waals surface area (Å²) in [5.41, 5.74) is 6.86. The lowest BCUT2D eigenvalue weighted by Gasteiger charge is -2.23. The van der Waals surface area contributed by atoms with Crippen molar-refractivity contribution in [3.05, 3.63) is 81.0 Å². The van der Waals surface area contributed by atoms with E-state index in [1.54, 1.807) is 29.0 Å². The molecule has 0 spiro atoms. The fourth-order valence-electron chi connectivity index (χ4n) is 5.11. The quantitative estimate of drug-likeness (QED) is 0.445. The van der Waals surface area contributed by atoms with E-state index in [2.05, 4.69) is 4.90 Å². The zero-order valence-electron chi connectivity index (χ0n) is 20.9. The number of aryl methyl sites for hydroxylation is 2. The normalized spacial score (nSPS) is 17.6. The number of hydrogen-bond donors (Lipinski definition) is 1. The number of fused-ring (bicyclic) bond motifs is 1. The smallest absolute Gasteiger partial charge is 0.273 e. The molecule has 4 rings (SSSR count). The monoisotopic (exact) mass is 499 g/mol. The standard InChI is InChI=1S/C28H32F3N3O2/c1-17-4-7-22-21(11-13-34(27(22)36)18(2)15-33-12-10-20(32)16-33)26(17)25(35)9-6-19-5-8-23(24(29)14-19)28(3,30)31/h4-5,7-8,11,13-14,18,20H,6,9-10,12,15-16,32H2,1-3H3/t18-,20-/m1/s1. The first-order chi connectivity index (χ1) is 17.0. The van der Waals surface area contributed by atoms with Crippen molar-refractivity contribution < 1.29 is 18.0 Å². The van der Waals surface area contributed by atoms with Crippen LogP contribution in [0, 0.1) is 12.7 Å². The number of hydrogen-bond acceptors (Lipinski definition) is 4. The van der Waals surface area contributed by atoms with Crippen molar-refractivity contribution in [3.63, 3.8) is 0 Å². The predicted octanol–water partition coefficient (Wildman–Crippen LogP) is 4.97. The lowest BCUT2D eigenvalue weighted by Crippen LogP contribution is -2.34. The molecule has 1 saturated heterocycles. The van der Waals surface area contributed by atoms with Gasteiger partial charge in [-0.25, -0.2) is 13.2 Å². The molecular weight excluding hydrogens is 467 g/mol. The van der Waals surface area contributed by atoms with Gasteiger partial charge in [0.2, 0.25) is 0 Å². The summed E-state index contributed by atoms with van der Waals surface area (Å²) in [7, 11) is 0. The number of Topliss-reactive ketones (excluding diaryl/α,β-unsaturated/α-hetero) is 1. The van der Waals surface area contributed by atoms with Crippen LogP contribution in [0.15, 0.2) is 47.4 Å². The third-order valence-corrected chi connectivity index (χ3v) is 7.05. The number of pyridine rings is 1. The summed E-state index contributed by atoms with van der Waals surface area (Å²) < 4.78 is 42.8. The first-order valence-corrected chi connectivity index (χ1v) is 12.3. The summed E-state index contributed by atoms with van der Waals surface area (Å²) in [6, 6.07) is 8.99. The van der Waals surface area contributed by atoms with Crippen LogP contribution >= 0.6 is 0 Å². The van der Waals surface area contributed by atoms with Crippen molar-refractivity contribution in [2.45, 2.75) is 58.0 Å². The molecule has 1 fully saturated rings. The third-order valence-electron chi connectivity index (χ3n) is 7.05. The van der Waals surface area contributed by atoms with Crippen molar-refractivity contribution in [1.82, 2.24) is 9.47 Å². The van der Waals surface area contributed by atoms with Crippen LogP contribution in [0.1, 0.15) is 59.8 Å². The summed E-state index contributed by atoms with van der Waals surface area (Å²) in [5.74, 6) is -4.44. The molecule has 2 atom stereocenters. The molecule has 0 radical (unpaired) electrons. The predicted molar refractivity (Wildman–Crippen MR) is 135 cm³/mol. The Bertz CT molecular complexity index is 1350. The molecule has 0 amide bonds. The summed E-state index contributed by atoms with van der Waals surface area (Å²) >= 11 is 0. The molecular formula is C28H32F3N3O2. The van der Waals surface area contributed by atoms with E-state index >= 15 is 0 Å². The Balaban J connectivity index is 1.56. The molecule has 0 unspecified atom stereocenters. The minimum absolute atomic E-state index is 0.0546. The molecule has 0 aliphatic carbocycles. The van der Waals surface area contributed by atoms with E-state index in [0.717, 1.165) is 43.8 Å². The summed E-state index contributed by atoms with van der Waals surface area (Å²) in [5, 5.41) is 1.06. The number of rotatable bonds is 8. The Morgan fingerprint density at radius 2 is 1.94 bits per heavy atom. The second-order valence-corrected chi connectivity index (χ2v) is 10.0. The number of likely N-dealkylation sites (tertiary alicyclic amines) is 1. The topological polar surface area (TPSA) is 68.3 Å². The fourth-order valence-corrected chi connectivity index (χ4v) is 5.11. The van der Waals surface area contributed by atoms with Crippen molar-refractivity contribution in [2.75, 3.05) is 19.6 Å². The average Bonchev–Trinajstić information content (AvgIpc) is 3.21. The first kappa shape index (κ1) is 26.1. The maximum Gasteiger partial charge on any atom is 0.273 e. The lowest BCUT2D eigenvalue weighted by atomic mass is 9.94. The van der Waals surface area contributed by atoms with Crippen molar-refractivity contribution in [2.24, 2.45) is 5.73 Å². The molecule has 36 heavy (non-hydrogen) atoms. The van der Waals surface area contributed by atoms with Crippen LogP contribution in [0.3, 0.4) is 0 Å². The van der Waals surface area contributed by atoms with E-state index < -0.39 is 17.3 Å². The van der Waals surface area contributed by atoms with Gasteiger partial charge in [0.1, 0.15) is 5.82 Å². The van der Waals surface area contributed by atoms with Gasteiger partial charge in [0.05, 0.1) is 5.56 Å². The molecule has 5 nitrogen and oxygen atoms in total. The molecule has 1 aliphatic heterocycles. The van der Waals surface area contributed by atoms with Crippen LogP contribution in [-0.4, -0.2) is 40.9 Å². The Kier molecular flexibility index (Phi) is 7.38. The largest absolute Gasteiger partial charge is 0.326 e. The highest BCUT2D eigenvalue weighted by Crippen LogP contribution is 2.30. The molecule has 2 aromatic carbocycles. The molecule has 2 heterocycles. The maximum atomic E-state index is 14.1. The summed E-state index contributed by atoms with van der Waals surface area (Å²) in [6.45, 7) is 6.91. The van der Waals surface area contributed by atoms with E-state index in [0.29, 0.717) is 28.8 Å². The van der Waals surface area contributed by atoms with E-state index in [4.69, 9.17) is 5.73 Å². The number of halogens is 3. The SMILES string of the molecule is Cc1ccc2c(=O)n([C@H](C)CN3CC[C@@H](N)C3)ccc2c1C(=O)CCc1ccc(C(C)(F)F)c(F)c1. The van der Waals surface area contributed by atoms with Gasteiger partial charge in [-0.05, 0) is 74.0 Å². The molecule has 1 aromatic heterocycles. The van der Waals surface area contributed by atoms with Crippen LogP contribution in [0.5, 0.6) is 0 Å².